The van der Waals surface area contributed by atoms with Crippen molar-refractivity contribution >= 4 is 16.2 Å². The van der Waals surface area contributed by atoms with Crippen LogP contribution in [0, 0.1) is 12.3 Å². The van der Waals surface area contributed by atoms with Gasteiger partial charge in [-0.25, -0.2) is 13.6 Å². The van der Waals surface area contributed by atoms with Crippen molar-refractivity contribution < 1.29 is 13.2 Å². The molecule has 23 heavy (non-hydrogen) atoms. The van der Waals surface area contributed by atoms with Crippen molar-refractivity contribution in [2.75, 3.05) is 6.61 Å². The minimum Gasteiger partial charge on any atom is -0.481 e. The topological polar surface area (TPSA) is 81.8 Å². The molecular formula is C17H16N2O3S. The molecule has 2 aromatic rings. The number of aliphatic imine (C=N–C) groups is 1. The third-order valence-corrected chi connectivity index (χ3v) is 3.90. The summed E-state index contributed by atoms with van der Waals surface area (Å²) in [7, 11) is -3.66. The molecule has 0 spiro atoms. The lowest BCUT2D eigenvalue weighted by Gasteiger charge is -2.02. The average molecular weight is 328 g/mol. The van der Waals surface area contributed by atoms with Crippen molar-refractivity contribution in [3.05, 3.63) is 59.7 Å². The molecule has 0 aliphatic carbocycles. The van der Waals surface area contributed by atoms with Crippen molar-refractivity contribution in [2.45, 2.75) is 11.4 Å². The molecule has 0 aromatic heterocycles. The molecule has 0 atom stereocenters. The lowest BCUT2D eigenvalue weighted by Crippen LogP contribution is -2.11. The molecule has 0 saturated carbocycles. The zero-order chi connectivity index (χ0) is 16.7. The Balaban J connectivity index is 1.95. The van der Waals surface area contributed by atoms with Gasteiger partial charge in [-0.3, -0.25) is 4.99 Å². The zero-order valence-electron chi connectivity index (χ0n) is 12.3. The minimum atomic E-state index is -3.66. The Morgan fingerprint density at radius 3 is 2.35 bits per heavy atom. The fourth-order valence-electron chi connectivity index (χ4n) is 1.82. The van der Waals surface area contributed by atoms with Crippen molar-refractivity contribution in [2.24, 2.45) is 10.1 Å². The zero-order valence-corrected chi connectivity index (χ0v) is 13.2. The van der Waals surface area contributed by atoms with Crippen LogP contribution in [0.5, 0.6) is 5.75 Å². The summed E-state index contributed by atoms with van der Waals surface area (Å²) in [5.41, 5.74) is 1.82. The quantitative estimate of drug-likeness (QED) is 0.650. The summed E-state index contributed by atoms with van der Waals surface area (Å²) in [5.74, 6) is 3.11. The second kappa shape index (κ2) is 7.58. The molecule has 5 nitrogen and oxygen atoms in total. The molecular weight excluding hydrogens is 312 g/mol. The van der Waals surface area contributed by atoms with E-state index in [1.807, 2.05) is 24.3 Å². The molecule has 2 aromatic carbocycles. The number of hydrogen-bond acceptors (Lipinski definition) is 4. The highest BCUT2D eigenvalue weighted by molar-refractivity contribution is 7.89. The molecule has 118 valence electrons. The summed E-state index contributed by atoms with van der Waals surface area (Å²) in [6.07, 6.45) is 6.86. The molecule has 0 saturated heterocycles. The van der Waals surface area contributed by atoms with E-state index in [1.54, 1.807) is 18.3 Å². The van der Waals surface area contributed by atoms with Gasteiger partial charge in [0.05, 0.1) is 11.4 Å². The first kappa shape index (κ1) is 16.7. The Morgan fingerprint density at radius 1 is 1.13 bits per heavy atom. The highest BCUT2D eigenvalue weighted by Crippen LogP contribution is 2.12. The number of ether oxygens (including phenoxy) is 1. The van der Waals surface area contributed by atoms with Gasteiger partial charge in [0, 0.05) is 6.21 Å². The van der Waals surface area contributed by atoms with Gasteiger partial charge in [-0.2, -0.15) is 0 Å². The molecule has 2 N–H and O–H groups in total. The van der Waals surface area contributed by atoms with E-state index in [4.69, 9.17) is 16.3 Å². The van der Waals surface area contributed by atoms with Gasteiger partial charge < -0.3 is 4.74 Å². The van der Waals surface area contributed by atoms with Crippen LogP contribution in [0.4, 0.5) is 0 Å². The van der Waals surface area contributed by atoms with Crippen molar-refractivity contribution in [3.63, 3.8) is 0 Å². The van der Waals surface area contributed by atoms with Gasteiger partial charge in [-0.1, -0.05) is 18.1 Å². The van der Waals surface area contributed by atoms with Gasteiger partial charge >= 0.3 is 0 Å². The smallest absolute Gasteiger partial charge is 0.238 e. The van der Waals surface area contributed by atoms with E-state index in [-0.39, 0.29) is 11.5 Å². The van der Waals surface area contributed by atoms with Crippen LogP contribution in [0.3, 0.4) is 0 Å². The van der Waals surface area contributed by atoms with Crippen LogP contribution >= 0.6 is 0 Å². The van der Waals surface area contributed by atoms with Crippen LogP contribution in [-0.2, 0) is 16.6 Å². The van der Waals surface area contributed by atoms with E-state index >= 15 is 0 Å². The van der Waals surface area contributed by atoms with Crippen LogP contribution < -0.4 is 9.88 Å². The average Bonchev–Trinajstić information content (AvgIpc) is 2.54. The minimum absolute atomic E-state index is 0.0905. The van der Waals surface area contributed by atoms with Gasteiger partial charge in [0.15, 0.2) is 0 Å². The van der Waals surface area contributed by atoms with Gasteiger partial charge in [0.25, 0.3) is 0 Å². The van der Waals surface area contributed by atoms with E-state index in [2.05, 4.69) is 10.9 Å². The first-order chi connectivity index (χ1) is 11.0. The molecule has 0 aliphatic heterocycles. The maximum absolute atomic E-state index is 11.2. The fourth-order valence-corrected chi connectivity index (χ4v) is 2.33. The molecule has 0 bridgehead atoms. The molecule has 0 amide bonds. The summed E-state index contributed by atoms with van der Waals surface area (Å²) < 4.78 is 27.6. The SMILES string of the molecule is C#CCOc1ccc(C=NCc2ccc(S(N)(=O)=O)cc2)cc1. The monoisotopic (exact) mass is 328 g/mol. The van der Waals surface area contributed by atoms with Crippen LogP contribution in [-0.4, -0.2) is 21.2 Å². The Hall–Kier alpha value is -2.62. The highest BCUT2D eigenvalue weighted by Gasteiger charge is 2.06. The van der Waals surface area contributed by atoms with Crippen LogP contribution in [0.2, 0.25) is 0 Å². The third kappa shape index (κ3) is 5.25. The van der Waals surface area contributed by atoms with E-state index in [0.29, 0.717) is 12.3 Å². The Morgan fingerprint density at radius 2 is 1.78 bits per heavy atom. The number of terminal acetylenes is 1. The largest absolute Gasteiger partial charge is 0.481 e. The molecule has 0 radical (unpaired) electrons. The number of rotatable bonds is 6. The third-order valence-electron chi connectivity index (χ3n) is 2.97. The normalized spacial score (nSPS) is 11.3. The van der Waals surface area contributed by atoms with Gasteiger partial charge in [0.1, 0.15) is 12.4 Å². The second-order valence-corrected chi connectivity index (χ2v) is 6.28. The maximum atomic E-state index is 11.2. The Bertz CT molecular complexity index is 818. The number of nitrogens with zero attached hydrogens (tertiary/aromatic N) is 1. The number of primary sulfonamides is 1. The van der Waals surface area contributed by atoms with Gasteiger partial charge in [-0.15, -0.1) is 6.42 Å². The molecule has 2 rings (SSSR count). The lowest BCUT2D eigenvalue weighted by atomic mass is 10.2. The summed E-state index contributed by atoms with van der Waals surface area (Å²) in [5, 5.41) is 5.05. The lowest BCUT2D eigenvalue weighted by molar-refractivity contribution is 0.370. The number of nitrogens with two attached hydrogens (primary N) is 1. The van der Waals surface area contributed by atoms with Crippen LogP contribution in [0.25, 0.3) is 0 Å². The molecule has 0 unspecified atom stereocenters. The van der Waals surface area contributed by atoms with E-state index in [1.165, 1.54) is 12.1 Å². The molecule has 0 fully saturated rings. The fraction of sp³-hybridized carbons (Fsp3) is 0.118. The first-order valence-corrected chi connectivity index (χ1v) is 8.31. The van der Waals surface area contributed by atoms with Crippen molar-refractivity contribution in [1.29, 1.82) is 0 Å². The van der Waals surface area contributed by atoms with E-state index in [0.717, 1.165) is 11.1 Å². The molecule has 0 heterocycles. The van der Waals surface area contributed by atoms with Gasteiger partial charge in [-0.05, 0) is 47.5 Å². The van der Waals surface area contributed by atoms with Crippen LogP contribution in [0.1, 0.15) is 11.1 Å². The predicted octanol–water partition coefficient (Wildman–Crippen LogP) is 1.97. The van der Waals surface area contributed by atoms with E-state index in [9.17, 15) is 8.42 Å². The summed E-state index contributed by atoms with van der Waals surface area (Å²) >= 11 is 0. The highest BCUT2D eigenvalue weighted by atomic mass is 32.2. The summed E-state index contributed by atoms with van der Waals surface area (Å²) in [6.45, 7) is 0.683. The maximum Gasteiger partial charge on any atom is 0.238 e. The summed E-state index contributed by atoms with van der Waals surface area (Å²) in [6, 6.07) is 13.7. The van der Waals surface area contributed by atoms with Crippen LogP contribution in [0.15, 0.2) is 58.4 Å². The van der Waals surface area contributed by atoms with Crippen molar-refractivity contribution in [3.8, 4) is 18.1 Å². The molecule has 0 aliphatic rings. The van der Waals surface area contributed by atoms with Crippen molar-refractivity contribution in [1.82, 2.24) is 0 Å². The summed E-state index contributed by atoms with van der Waals surface area (Å²) in [4.78, 5) is 4.41. The number of sulfonamides is 1. The first-order valence-electron chi connectivity index (χ1n) is 6.77. The number of hydrogen-bond donors (Lipinski definition) is 1. The predicted molar refractivity (Wildman–Crippen MR) is 89.9 cm³/mol. The number of benzene rings is 2. The Labute approximate surface area is 135 Å². The molecule has 6 heteroatoms. The van der Waals surface area contributed by atoms with Gasteiger partial charge in [0.2, 0.25) is 10.0 Å². The standard InChI is InChI=1S/C17H16N2O3S/c1-2-11-22-16-7-3-14(4-8-16)12-19-13-15-5-9-17(10-6-15)23(18,20)21/h1,3-10,12H,11,13H2,(H2,18,20,21). The van der Waals surface area contributed by atoms with E-state index < -0.39 is 10.0 Å². The second-order valence-electron chi connectivity index (χ2n) is 4.72. The Kier molecular flexibility index (Phi) is 5.52.